The number of hydrogen-bond acceptors (Lipinski definition) is 0. The van der Waals surface area contributed by atoms with Crippen LogP contribution < -0.4 is 18.9 Å². The molecule has 0 radical (unpaired) electrons. The van der Waals surface area contributed by atoms with E-state index >= 15 is 0 Å². The first-order valence-corrected chi connectivity index (χ1v) is 14.7. The smallest absolute Gasteiger partial charge is 0.343 e. The van der Waals surface area contributed by atoms with E-state index in [-0.39, 0.29) is 18.9 Å². The molecule has 0 rings (SSSR count). The van der Waals surface area contributed by atoms with Gasteiger partial charge in [-0.25, -0.2) is 0 Å². The average molecular weight is 429 g/mol. The van der Waals surface area contributed by atoms with Gasteiger partial charge in [0.15, 0.2) is 0 Å². The van der Waals surface area contributed by atoms with Crippen molar-refractivity contribution in [3.63, 3.8) is 0 Å². The van der Waals surface area contributed by atoms with Gasteiger partial charge in [0.05, 0.1) is 0 Å². The number of unbranched alkanes of at least 4 members (excludes halogenated alkanes) is 27. The molecule has 0 fully saturated rings. The maximum absolute atomic E-state index is 3.92. The van der Waals surface area contributed by atoms with Crippen molar-refractivity contribution in [3.8, 4) is 0 Å². The van der Waals surface area contributed by atoms with Crippen LogP contribution >= 0.6 is 0 Å². The van der Waals surface area contributed by atoms with Crippen LogP contribution in [0.1, 0.15) is 187 Å². The Hall–Kier alpha value is 0.597. The molecule has 1 heteroatoms. The second kappa shape index (κ2) is 32.8. The van der Waals surface area contributed by atoms with Gasteiger partial charge in [0.1, 0.15) is 0 Å². The topological polar surface area (TPSA) is 0 Å². The fourth-order valence-electron chi connectivity index (χ4n) is 4.67. The monoisotopic (exact) mass is 428 g/mol. The van der Waals surface area contributed by atoms with Crippen LogP contribution in [0.4, 0.5) is 0 Å². The number of rotatable bonds is 27. The Morgan fingerprint density at radius 2 is 0.452 bits per heavy atom. The second-order valence-electron chi connectivity index (χ2n) is 10.0. The van der Waals surface area contributed by atoms with Crippen molar-refractivity contribution >= 4 is 0 Å². The van der Waals surface area contributed by atoms with Gasteiger partial charge in [0, 0.05) is 0 Å². The number of hydrogen-bond donors (Lipinski definition) is 0. The molecule has 0 aromatic rings. The molecular weight excluding hydrogens is 367 g/mol. The first kappa shape index (κ1) is 33.8. The van der Waals surface area contributed by atoms with Gasteiger partial charge in [-0.1, -0.05) is 180 Å². The summed E-state index contributed by atoms with van der Waals surface area (Å²) in [5, 5.41) is 0. The minimum atomic E-state index is 0. The molecule has 0 atom stereocenters. The Morgan fingerprint density at radius 3 is 0.613 bits per heavy atom. The van der Waals surface area contributed by atoms with Crippen LogP contribution in [0, 0.1) is 6.92 Å². The van der Waals surface area contributed by atoms with Crippen molar-refractivity contribution in [2.75, 3.05) is 0 Å². The van der Waals surface area contributed by atoms with Crippen LogP contribution in [0.15, 0.2) is 0 Å². The van der Waals surface area contributed by atoms with Crippen molar-refractivity contribution in [2.45, 2.75) is 187 Å². The van der Waals surface area contributed by atoms with Crippen LogP contribution in [-0.4, -0.2) is 0 Å². The van der Waals surface area contributed by atoms with Crippen LogP contribution in [-0.2, 0) is 0 Å². The standard InChI is InChI=1S/C30H61.Li/c1-3-5-7-9-11-13-15-17-19-21-23-25-27-29-30-28-26-24-22-20-18-16-14-12-10-8-6-4-2;/h1,3-30H2,2H3;/q-1;+1. The van der Waals surface area contributed by atoms with Gasteiger partial charge in [-0.05, 0) is 0 Å². The largest absolute Gasteiger partial charge is 1.00 e. The predicted octanol–water partition coefficient (Wildman–Crippen LogP) is 8.77. The SMILES string of the molecule is [CH2-]CCCCCCCCCCCCCCCCCCCCCCCCCCCCC.[Li+]. The third kappa shape index (κ3) is 32.9. The summed E-state index contributed by atoms with van der Waals surface area (Å²) < 4.78 is 0. The Kier molecular flexibility index (Phi) is 35.7. The van der Waals surface area contributed by atoms with E-state index in [1.807, 2.05) is 0 Å². The summed E-state index contributed by atoms with van der Waals surface area (Å²) in [5.41, 5.74) is 0. The van der Waals surface area contributed by atoms with E-state index in [1.165, 1.54) is 173 Å². The van der Waals surface area contributed by atoms with Gasteiger partial charge in [0.25, 0.3) is 0 Å². The summed E-state index contributed by atoms with van der Waals surface area (Å²) in [6, 6.07) is 0. The molecule has 0 aromatic carbocycles. The fourth-order valence-corrected chi connectivity index (χ4v) is 4.67. The summed E-state index contributed by atoms with van der Waals surface area (Å²) in [4.78, 5) is 0. The molecule has 0 aromatic heterocycles. The molecule has 0 amide bonds. The Morgan fingerprint density at radius 1 is 0.290 bits per heavy atom. The van der Waals surface area contributed by atoms with E-state index in [0.717, 1.165) is 6.42 Å². The molecule has 0 bridgehead atoms. The molecular formula is C30H61Li. The van der Waals surface area contributed by atoms with Crippen LogP contribution in [0.2, 0.25) is 0 Å². The van der Waals surface area contributed by atoms with Gasteiger partial charge in [-0.3, -0.25) is 0 Å². The van der Waals surface area contributed by atoms with Crippen LogP contribution in [0.25, 0.3) is 0 Å². The Bertz CT molecular complexity index is 248. The van der Waals surface area contributed by atoms with E-state index in [9.17, 15) is 0 Å². The van der Waals surface area contributed by atoms with Gasteiger partial charge >= 0.3 is 18.9 Å². The quantitative estimate of drug-likeness (QED) is 0.0696. The minimum Gasteiger partial charge on any atom is -0.343 e. The molecule has 0 saturated carbocycles. The normalized spacial score (nSPS) is 11.0. The first-order chi connectivity index (χ1) is 14.9. The zero-order valence-corrected chi connectivity index (χ0v) is 22.5. The van der Waals surface area contributed by atoms with Crippen molar-refractivity contribution < 1.29 is 18.9 Å². The average Bonchev–Trinajstić information content (AvgIpc) is 2.76. The summed E-state index contributed by atoms with van der Waals surface area (Å²) in [7, 11) is 0. The molecule has 182 valence electrons. The van der Waals surface area contributed by atoms with Gasteiger partial charge in [0.2, 0.25) is 0 Å². The van der Waals surface area contributed by atoms with Crippen LogP contribution in [0.5, 0.6) is 0 Å². The molecule has 0 nitrogen and oxygen atoms in total. The van der Waals surface area contributed by atoms with Gasteiger partial charge in [-0.15, -0.1) is 0 Å². The van der Waals surface area contributed by atoms with E-state index in [2.05, 4.69) is 13.8 Å². The van der Waals surface area contributed by atoms with E-state index < -0.39 is 0 Å². The molecule has 0 saturated heterocycles. The Balaban J connectivity index is 0. The van der Waals surface area contributed by atoms with Crippen LogP contribution in [0.3, 0.4) is 0 Å². The van der Waals surface area contributed by atoms with E-state index in [1.54, 1.807) is 0 Å². The molecule has 31 heavy (non-hydrogen) atoms. The zero-order chi connectivity index (χ0) is 21.8. The summed E-state index contributed by atoms with van der Waals surface area (Å²) in [5.74, 6) is 0. The van der Waals surface area contributed by atoms with Gasteiger partial charge in [-0.2, -0.15) is 6.42 Å². The fraction of sp³-hybridized carbons (Fsp3) is 0.967. The van der Waals surface area contributed by atoms with Gasteiger partial charge < -0.3 is 6.92 Å². The minimum absolute atomic E-state index is 0. The molecule has 0 aliphatic carbocycles. The molecule has 0 aliphatic rings. The molecule has 0 spiro atoms. The van der Waals surface area contributed by atoms with Crippen molar-refractivity contribution in [1.82, 2.24) is 0 Å². The predicted molar refractivity (Wildman–Crippen MR) is 140 cm³/mol. The van der Waals surface area contributed by atoms with Crippen molar-refractivity contribution in [1.29, 1.82) is 0 Å². The molecule has 0 N–H and O–H groups in total. The second-order valence-corrected chi connectivity index (χ2v) is 10.0. The molecule has 0 aliphatic heterocycles. The summed E-state index contributed by atoms with van der Waals surface area (Å²) >= 11 is 0. The van der Waals surface area contributed by atoms with E-state index in [0.29, 0.717) is 0 Å². The molecule has 0 heterocycles. The Labute approximate surface area is 212 Å². The summed E-state index contributed by atoms with van der Waals surface area (Å²) in [6.45, 7) is 6.22. The maximum atomic E-state index is 3.92. The summed E-state index contributed by atoms with van der Waals surface area (Å²) in [6.07, 6.45) is 40.8. The van der Waals surface area contributed by atoms with E-state index in [4.69, 9.17) is 0 Å². The third-order valence-electron chi connectivity index (χ3n) is 6.85. The zero-order valence-electron chi connectivity index (χ0n) is 22.5. The van der Waals surface area contributed by atoms with Crippen molar-refractivity contribution in [3.05, 3.63) is 6.92 Å². The first-order valence-electron chi connectivity index (χ1n) is 14.7. The third-order valence-corrected chi connectivity index (χ3v) is 6.85. The molecule has 0 unspecified atom stereocenters. The van der Waals surface area contributed by atoms with Crippen molar-refractivity contribution in [2.24, 2.45) is 0 Å². The maximum Gasteiger partial charge on any atom is 1.00 e.